The second-order valence-electron chi connectivity index (χ2n) is 6.23. The number of nitrogens with zero attached hydrogens (tertiary/aromatic N) is 4. The molecule has 1 amide bonds. The van der Waals surface area contributed by atoms with Gasteiger partial charge in [-0.25, -0.2) is 4.39 Å². The molecule has 0 bridgehead atoms. The largest absolute Gasteiger partial charge is 0.331 e. The van der Waals surface area contributed by atoms with Gasteiger partial charge in [0.05, 0.1) is 11.4 Å². The maximum atomic E-state index is 13.2. The van der Waals surface area contributed by atoms with Crippen molar-refractivity contribution in [3.8, 4) is 22.5 Å². The summed E-state index contributed by atoms with van der Waals surface area (Å²) in [5, 5.41) is 4.49. The number of carbonyl (C=O) groups excluding carboxylic acids is 1. The van der Waals surface area contributed by atoms with Crippen LogP contribution in [0.15, 0.2) is 60.9 Å². The molecule has 0 aliphatic carbocycles. The van der Waals surface area contributed by atoms with Crippen LogP contribution in [-0.2, 0) is 18.4 Å². The number of carbonyl (C=O) groups is 1. The Morgan fingerprint density at radius 3 is 2.62 bits per heavy atom. The minimum absolute atomic E-state index is 0.000387. The lowest BCUT2D eigenvalue weighted by atomic mass is 10.0. The maximum absolute atomic E-state index is 13.2. The lowest BCUT2D eigenvalue weighted by molar-refractivity contribution is -0.125. The molecule has 4 rings (SSSR count). The van der Waals surface area contributed by atoms with Crippen LogP contribution in [0.5, 0.6) is 0 Å². The molecule has 0 unspecified atom stereocenters. The Morgan fingerprint density at radius 1 is 1.15 bits per heavy atom. The summed E-state index contributed by atoms with van der Waals surface area (Å²) in [5.74, 6) is -0.282. The highest BCUT2D eigenvalue weighted by atomic mass is 19.1. The van der Waals surface area contributed by atoms with E-state index in [1.165, 1.54) is 12.1 Å². The van der Waals surface area contributed by atoms with Gasteiger partial charge in [-0.05, 0) is 42.0 Å². The van der Waals surface area contributed by atoms with Crippen molar-refractivity contribution in [1.29, 1.82) is 0 Å². The Bertz CT molecular complexity index is 991. The smallest absolute Gasteiger partial charge is 0.246 e. The topological polar surface area (TPSA) is 51.0 Å². The minimum atomic E-state index is -0.282. The van der Waals surface area contributed by atoms with Gasteiger partial charge in [-0.15, -0.1) is 0 Å². The van der Waals surface area contributed by atoms with Gasteiger partial charge in [0.15, 0.2) is 0 Å². The predicted octanol–water partition coefficient (Wildman–Crippen LogP) is 3.19. The molecule has 0 saturated heterocycles. The van der Waals surface area contributed by atoms with Crippen LogP contribution in [0.3, 0.4) is 0 Å². The second-order valence-corrected chi connectivity index (χ2v) is 6.23. The number of aromatic nitrogens is 3. The molecule has 1 aromatic carbocycles. The number of aryl methyl sites for hydroxylation is 1. The molecule has 130 valence electrons. The van der Waals surface area contributed by atoms with E-state index in [2.05, 4.69) is 10.1 Å². The predicted molar refractivity (Wildman–Crippen MR) is 96.4 cm³/mol. The van der Waals surface area contributed by atoms with E-state index in [4.69, 9.17) is 0 Å². The van der Waals surface area contributed by atoms with Gasteiger partial charge in [-0.2, -0.15) is 5.10 Å². The van der Waals surface area contributed by atoms with Crippen molar-refractivity contribution in [3.05, 3.63) is 72.3 Å². The molecule has 0 radical (unpaired) electrons. The molecule has 1 aliphatic rings. The zero-order valence-electron chi connectivity index (χ0n) is 14.3. The van der Waals surface area contributed by atoms with Gasteiger partial charge in [-0.3, -0.25) is 14.5 Å². The number of rotatable bonds is 4. The van der Waals surface area contributed by atoms with Crippen LogP contribution in [0.4, 0.5) is 4.39 Å². The quantitative estimate of drug-likeness (QED) is 0.728. The van der Waals surface area contributed by atoms with E-state index in [0.29, 0.717) is 13.1 Å². The second kappa shape index (κ2) is 6.55. The third-order valence-electron chi connectivity index (χ3n) is 4.38. The number of hydrogen-bond acceptors (Lipinski definition) is 3. The summed E-state index contributed by atoms with van der Waals surface area (Å²) in [6, 6.07) is 10.1. The zero-order valence-corrected chi connectivity index (χ0v) is 14.3. The number of halogens is 1. The van der Waals surface area contributed by atoms with Crippen molar-refractivity contribution in [2.24, 2.45) is 7.05 Å². The molecule has 1 aliphatic heterocycles. The van der Waals surface area contributed by atoms with Crippen molar-refractivity contribution in [3.63, 3.8) is 0 Å². The summed E-state index contributed by atoms with van der Waals surface area (Å²) in [6.45, 7) is 1.06. The van der Waals surface area contributed by atoms with Crippen LogP contribution >= 0.6 is 0 Å². The highest BCUT2D eigenvalue weighted by Crippen LogP contribution is 2.28. The van der Waals surface area contributed by atoms with Crippen molar-refractivity contribution in [2.75, 3.05) is 6.54 Å². The van der Waals surface area contributed by atoms with Crippen molar-refractivity contribution in [2.45, 2.75) is 6.54 Å². The molecular weight excluding hydrogens is 331 g/mol. The zero-order chi connectivity index (χ0) is 18.1. The van der Waals surface area contributed by atoms with Crippen molar-refractivity contribution < 1.29 is 9.18 Å². The molecule has 3 heterocycles. The van der Waals surface area contributed by atoms with Gasteiger partial charge in [0.2, 0.25) is 5.91 Å². The summed E-state index contributed by atoms with van der Waals surface area (Å²) in [7, 11) is 1.86. The van der Waals surface area contributed by atoms with Gasteiger partial charge in [-0.1, -0.05) is 6.08 Å². The Balaban J connectivity index is 1.75. The summed E-state index contributed by atoms with van der Waals surface area (Å²) in [6.07, 6.45) is 7.08. The Labute approximate surface area is 150 Å². The number of pyridine rings is 1. The highest BCUT2D eigenvalue weighted by molar-refractivity contribution is 5.90. The number of hydrogen-bond donors (Lipinski definition) is 0. The lowest BCUT2D eigenvalue weighted by Crippen LogP contribution is -2.25. The fourth-order valence-corrected chi connectivity index (χ4v) is 3.01. The Kier molecular flexibility index (Phi) is 4.08. The van der Waals surface area contributed by atoms with Crippen LogP contribution < -0.4 is 0 Å². The molecule has 26 heavy (non-hydrogen) atoms. The van der Waals surface area contributed by atoms with E-state index >= 15 is 0 Å². The summed E-state index contributed by atoms with van der Waals surface area (Å²) in [4.78, 5) is 18.2. The van der Waals surface area contributed by atoms with Crippen LogP contribution in [-0.4, -0.2) is 32.1 Å². The summed E-state index contributed by atoms with van der Waals surface area (Å²) < 4.78 is 14.9. The van der Waals surface area contributed by atoms with Gasteiger partial charge in [0, 0.05) is 49.7 Å². The van der Waals surface area contributed by atoms with E-state index in [1.807, 2.05) is 31.5 Å². The van der Waals surface area contributed by atoms with E-state index in [1.54, 1.807) is 34.0 Å². The molecule has 0 fully saturated rings. The van der Waals surface area contributed by atoms with Crippen LogP contribution in [0.25, 0.3) is 22.5 Å². The molecule has 0 atom stereocenters. The van der Waals surface area contributed by atoms with E-state index in [-0.39, 0.29) is 11.7 Å². The van der Waals surface area contributed by atoms with Crippen LogP contribution in [0, 0.1) is 5.82 Å². The van der Waals surface area contributed by atoms with Gasteiger partial charge < -0.3 is 4.90 Å². The van der Waals surface area contributed by atoms with Gasteiger partial charge in [0.25, 0.3) is 0 Å². The normalized spacial score (nSPS) is 13.6. The highest BCUT2D eigenvalue weighted by Gasteiger charge is 2.19. The standard InChI is InChI=1S/C20H17FN4O/c1-24-10-8-18(23-24)17-11-19(14-4-6-16(21)7-5-14)22-12-15(17)13-25-9-2-3-20(25)26/h2-8,10-12H,9,13H2,1H3. The fourth-order valence-electron chi connectivity index (χ4n) is 3.01. The molecule has 0 spiro atoms. The molecule has 5 nitrogen and oxygen atoms in total. The van der Waals surface area contributed by atoms with E-state index in [0.717, 1.165) is 28.1 Å². The van der Waals surface area contributed by atoms with Crippen LogP contribution in [0.2, 0.25) is 0 Å². The average molecular weight is 348 g/mol. The summed E-state index contributed by atoms with van der Waals surface area (Å²) >= 11 is 0. The molecule has 3 aromatic rings. The first kappa shape index (κ1) is 16.2. The molecule has 0 N–H and O–H groups in total. The Morgan fingerprint density at radius 2 is 1.96 bits per heavy atom. The SMILES string of the molecule is Cn1ccc(-c2cc(-c3ccc(F)cc3)ncc2CN2CC=CC2=O)n1. The third kappa shape index (κ3) is 3.13. The number of amides is 1. The van der Waals surface area contributed by atoms with Gasteiger partial charge >= 0.3 is 0 Å². The monoisotopic (exact) mass is 348 g/mol. The average Bonchev–Trinajstić information content (AvgIpc) is 3.25. The molecule has 0 saturated carbocycles. The number of benzene rings is 1. The first-order valence-electron chi connectivity index (χ1n) is 8.30. The first-order valence-corrected chi connectivity index (χ1v) is 8.30. The van der Waals surface area contributed by atoms with E-state index < -0.39 is 0 Å². The van der Waals surface area contributed by atoms with Crippen LogP contribution in [0.1, 0.15) is 5.56 Å². The minimum Gasteiger partial charge on any atom is -0.331 e. The van der Waals surface area contributed by atoms with E-state index in [9.17, 15) is 9.18 Å². The third-order valence-corrected chi connectivity index (χ3v) is 4.38. The molecular formula is C20H17FN4O. The van der Waals surface area contributed by atoms with Crippen molar-refractivity contribution >= 4 is 5.91 Å². The fraction of sp³-hybridized carbons (Fsp3) is 0.150. The summed E-state index contributed by atoms with van der Waals surface area (Å²) in [5.41, 5.74) is 4.22. The van der Waals surface area contributed by atoms with Crippen molar-refractivity contribution in [1.82, 2.24) is 19.7 Å². The maximum Gasteiger partial charge on any atom is 0.246 e. The van der Waals surface area contributed by atoms with Gasteiger partial charge in [0.1, 0.15) is 5.82 Å². The molecule has 2 aromatic heterocycles. The Hall–Kier alpha value is -3.28. The molecule has 6 heteroatoms. The lowest BCUT2D eigenvalue weighted by Gasteiger charge is -2.18. The first-order chi connectivity index (χ1) is 12.6.